The number of nitrogens with one attached hydrogen (secondary N) is 4. The van der Waals surface area contributed by atoms with Crippen molar-refractivity contribution in [3.63, 3.8) is 0 Å². The summed E-state index contributed by atoms with van der Waals surface area (Å²) in [6, 6.07) is 9.71. The molecule has 2 aromatic carbocycles. The highest BCUT2D eigenvalue weighted by atomic mass is 35.5. The number of fused-ring (bicyclic) bond motifs is 1. The first-order chi connectivity index (χ1) is 16.2. The summed E-state index contributed by atoms with van der Waals surface area (Å²) in [5.41, 5.74) is 3.48. The Balaban J connectivity index is 1.36. The highest BCUT2D eigenvalue weighted by molar-refractivity contribution is 6.33. The Morgan fingerprint density at radius 2 is 1.97 bits per heavy atom. The minimum atomic E-state index is -0.653. The highest BCUT2D eigenvalue weighted by Gasteiger charge is 2.39. The average molecular weight is 484 g/mol. The molecule has 10 heteroatoms. The second kappa shape index (κ2) is 9.72. The fraction of sp³-hybridized carbons (Fsp3) is 0.333. The third kappa shape index (κ3) is 5.14. The molecule has 0 radical (unpaired) electrons. The lowest BCUT2D eigenvalue weighted by atomic mass is 10.0. The van der Waals surface area contributed by atoms with E-state index in [1.54, 1.807) is 30.3 Å². The van der Waals surface area contributed by atoms with Crippen molar-refractivity contribution in [3.05, 3.63) is 58.1 Å². The van der Waals surface area contributed by atoms with E-state index in [0.717, 1.165) is 16.8 Å². The number of piperidine rings is 1. The number of carbonyl (C=O) groups excluding carboxylic acids is 4. The van der Waals surface area contributed by atoms with Gasteiger partial charge in [0.05, 0.1) is 10.7 Å². The van der Waals surface area contributed by atoms with Crippen LogP contribution in [0.2, 0.25) is 5.02 Å². The van der Waals surface area contributed by atoms with E-state index in [0.29, 0.717) is 22.7 Å². The van der Waals surface area contributed by atoms with Crippen molar-refractivity contribution < 1.29 is 19.2 Å². The van der Waals surface area contributed by atoms with Crippen molar-refractivity contribution in [1.29, 1.82) is 0 Å². The molecule has 1 unspecified atom stereocenters. The Bertz CT molecular complexity index is 1170. The predicted molar refractivity (Wildman–Crippen MR) is 129 cm³/mol. The summed E-state index contributed by atoms with van der Waals surface area (Å²) in [7, 11) is 0. The van der Waals surface area contributed by atoms with Crippen molar-refractivity contribution in [2.24, 2.45) is 0 Å². The molecule has 2 heterocycles. The fourth-order valence-corrected chi connectivity index (χ4v) is 4.29. The van der Waals surface area contributed by atoms with Gasteiger partial charge >= 0.3 is 6.03 Å². The van der Waals surface area contributed by atoms with Crippen LogP contribution in [-0.2, 0) is 22.7 Å². The molecule has 178 valence electrons. The fourth-order valence-electron chi connectivity index (χ4n) is 4.12. The van der Waals surface area contributed by atoms with E-state index in [1.165, 1.54) is 4.90 Å². The van der Waals surface area contributed by atoms with E-state index in [-0.39, 0.29) is 43.4 Å². The van der Waals surface area contributed by atoms with Gasteiger partial charge in [0, 0.05) is 36.8 Å². The minimum Gasteiger partial charge on any atom is -0.382 e. The van der Waals surface area contributed by atoms with Gasteiger partial charge in [0.15, 0.2) is 0 Å². The molecule has 34 heavy (non-hydrogen) atoms. The van der Waals surface area contributed by atoms with Gasteiger partial charge in [0.2, 0.25) is 11.8 Å². The van der Waals surface area contributed by atoms with Crippen LogP contribution in [-0.4, -0.2) is 40.7 Å². The Morgan fingerprint density at radius 1 is 1.18 bits per heavy atom. The molecule has 0 aliphatic carbocycles. The van der Waals surface area contributed by atoms with Gasteiger partial charge in [-0.05, 0) is 55.7 Å². The maximum atomic E-state index is 12.8. The number of amides is 5. The zero-order chi connectivity index (χ0) is 24.4. The monoisotopic (exact) mass is 483 g/mol. The third-order valence-electron chi connectivity index (χ3n) is 5.71. The van der Waals surface area contributed by atoms with Gasteiger partial charge in [-0.2, -0.15) is 0 Å². The Hall–Kier alpha value is -3.59. The van der Waals surface area contributed by atoms with Gasteiger partial charge in [0.25, 0.3) is 5.91 Å². The van der Waals surface area contributed by atoms with Crippen LogP contribution in [0.15, 0.2) is 36.4 Å². The topological polar surface area (TPSA) is 120 Å². The van der Waals surface area contributed by atoms with Crippen LogP contribution >= 0.6 is 11.6 Å². The number of halogens is 1. The number of anilines is 2. The molecule has 1 fully saturated rings. The van der Waals surface area contributed by atoms with Crippen LogP contribution in [0, 0.1) is 0 Å². The summed E-state index contributed by atoms with van der Waals surface area (Å²) >= 11 is 6.19. The van der Waals surface area contributed by atoms with Crippen molar-refractivity contribution in [2.45, 2.75) is 51.9 Å². The quantitative estimate of drug-likeness (QED) is 0.470. The van der Waals surface area contributed by atoms with Crippen molar-refractivity contribution in [2.75, 3.05) is 10.6 Å². The Labute approximate surface area is 202 Å². The number of hydrogen-bond donors (Lipinski definition) is 4. The second-order valence-corrected chi connectivity index (χ2v) is 9.10. The van der Waals surface area contributed by atoms with E-state index in [2.05, 4.69) is 21.3 Å². The maximum Gasteiger partial charge on any atom is 0.319 e. The van der Waals surface area contributed by atoms with E-state index >= 15 is 0 Å². The smallest absolute Gasteiger partial charge is 0.319 e. The highest BCUT2D eigenvalue weighted by Crippen LogP contribution is 2.28. The molecule has 5 amide bonds. The largest absolute Gasteiger partial charge is 0.382 e. The molecule has 0 aromatic heterocycles. The van der Waals surface area contributed by atoms with Gasteiger partial charge in [-0.1, -0.05) is 23.7 Å². The summed E-state index contributed by atoms with van der Waals surface area (Å²) in [5, 5.41) is 11.7. The van der Waals surface area contributed by atoms with Crippen molar-refractivity contribution in [3.8, 4) is 0 Å². The first-order valence-electron chi connectivity index (χ1n) is 11.1. The normalized spacial score (nSPS) is 17.5. The molecule has 0 bridgehead atoms. The van der Waals surface area contributed by atoms with E-state index in [4.69, 9.17) is 11.6 Å². The van der Waals surface area contributed by atoms with Crippen molar-refractivity contribution in [1.82, 2.24) is 15.5 Å². The number of imide groups is 1. The van der Waals surface area contributed by atoms with Gasteiger partial charge < -0.3 is 20.9 Å². The zero-order valence-electron chi connectivity index (χ0n) is 18.9. The summed E-state index contributed by atoms with van der Waals surface area (Å²) in [4.78, 5) is 50.3. The van der Waals surface area contributed by atoms with Gasteiger partial charge in [-0.3, -0.25) is 19.7 Å². The number of urea groups is 1. The molecule has 0 spiro atoms. The molecule has 0 saturated carbocycles. The zero-order valence-corrected chi connectivity index (χ0v) is 19.7. The van der Waals surface area contributed by atoms with Crippen LogP contribution in [0.1, 0.15) is 48.2 Å². The number of benzene rings is 2. The van der Waals surface area contributed by atoms with Gasteiger partial charge in [-0.25, -0.2) is 4.79 Å². The van der Waals surface area contributed by atoms with Crippen molar-refractivity contribution >= 4 is 46.7 Å². The molecule has 2 aliphatic heterocycles. The van der Waals surface area contributed by atoms with Gasteiger partial charge in [-0.15, -0.1) is 0 Å². The molecule has 4 rings (SSSR count). The summed E-state index contributed by atoms with van der Waals surface area (Å²) in [5.74, 6) is -0.983. The molecule has 1 saturated heterocycles. The number of rotatable bonds is 6. The standard InChI is InChI=1S/C24H26ClN5O4/c1-13(2)27-19-10-16(4-6-18(19)25)28-24(34)26-11-14-3-5-17-15(9-14)12-30(23(17)33)20-7-8-21(31)29-22(20)32/h3-6,9-10,13,20,27H,7-8,11-12H2,1-2H3,(H2,26,28,34)(H,29,31,32). The lowest BCUT2D eigenvalue weighted by Gasteiger charge is -2.29. The summed E-state index contributed by atoms with van der Waals surface area (Å²) in [6.07, 6.45) is 0.529. The van der Waals surface area contributed by atoms with E-state index in [1.807, 2.05) is 19.9 Å². The predicted octanol–water partition coefficient (Wildman–Crippen LogP) is 3.24. The molecule has 4 N–H and O–H groups in total. The van der Waals surface area contributed by atoms with E-state index in [9.17, 15) is 19.2 Å². The molecular weight excluding hydrogens is 458 g/mol. The Kier molecular flexibility index (Phi) is 6.74. The lowest BCUT2D eigenvalue weighted by Crippen LogP contribution is -2.52. The number of carbonyl (C=O) groups is 4. The minimum absolute atomic E-state index is 0.194. The van der Waals surface area contributed by atoms with Gasteiger partial charge in [0.1, 0.15) is 6.04 Å². The summed E-state index contributed by atoms with van der Waals surface area (Å²) < 4.78 is 0. The average Bonchev–Trinajstić information content (AvgIpc) is 3.10. The molecular formula is C24H26ClN5O4. The van der Waals surface area contributed by atoms with Crippen LogP contribution in [0.25, 0.3) is 0 Å². The molecule has 2 aromatic rings. The maximum absolute atomic E-state index is 12.8. The first-order valence-corrected chi connectivity index (χ1v) is 11.5. The number of hydrogen-bond acceptors (Lipinski definition) is 5. The molecule has 2 aliphatic rings. The number of nitrogens with zero attached hydrogens (tertiary/aromatic N) is 1. The molecule has 9 nitrogen and oxygen atoms in total. The van der Waals surface area contributed by atoms with Crippen LogP contribution in [0.4, 0.5) is 16.2 Å². The Morgan fingerprint density at radius 3 is 2.71 bits per heavy atom. The lowest BCUT2D eigenvalue weighted by molar-refractivity contribution is -0.136. The molecule has 1 atom stereocenters. The van der Waals surface area contributed by atoms with Crippen LogP contribution < -0.4 is 21.3 Å². The first kappa shape index (κ1) is 23.6. The summed E-state index contributed by atoms with van der Waals surface area (Å²) in [6.45, 7) is 4.54. The second-order valence-electron chi connectivity index (χ2n) is 8.69. The van der Waals surface area contributed by atoms with Crippen LogP contribution in [0.3, 0.4) is 0 Å². The SMILES string of the molecule is CC(C)Nc1cc(NC(=O)NCc2ccc3c(c2)CN(C2CCC(=O)NC2=O)C3=O)ccc1Cl. The van der Waals surface area contributed by atoms with E-state index < -0.39 is 11.9 Å². The third-order valence-corrected chi connectivity index (χ3v) is 6.04. The van der Waals surface area contributed by atoms with Crippen LogP contribution in [0.5, 0.6) is 0 Å².